The summed E-state index contributed by atoms with van der Waals surface area (Å²) in [5.74, 6) is 0. The van der Waals surface area contributed by atoms with Crippen molar-refractivity contribution in [3.63, 3.8) is 0 Å². The number of rotatable bonds is 4. The van der Waals surface area contributed by atoms with E-state index in [1.807, 2.05) is 24.2 Å². The molecule has 2 aromatic rings. The van der Waals surface area contributed by atoms with Crippen LogP contribution in [0.5, 0.6) is 0 Å². The van der Waals surface area contributed by atoms with Crippen LogP contribution in [-0.2, 0) is 13.5 Å². The monoisotopic (exact) mass is 312 g/mol. The van der Waals surface area contributed by atoms with E-state index in [9.17, 15) is 4.79 Å². The average molecular weight is 312 g/mol. The Balaban J connectivity index is 1.60. The van der Waals surface area contributed by atoms with Crippen LogP contribution in [0.3, 0.4) is 0 Å². The molecule has 0 aliphatic carbocycles. The molecule has 1 aliphatic rings. The van der Waals surface area contributed by atoms with Crippen molar-refractivity contribution in [2.75, 3.05) is 11.9 Å². The molecule has 0 bridgehead atoms. The number of hydrogen-bond donors (Lipinski definition) is 1. The van der Waals surface area contributed by atoms with E-state index < -0.39 is 0 Å². The molecule has 1 aromatic heterocycles. The zero-order chi connectivity index (χ0) is 16.1. The van der Waals surface area contributed by atoms with Crippen molar-refractivity contribution in [2.45, 2.75) is 38.1 Å². The molecule has 2 heterocycles. The van der Waals surface area contributed by atoms with Gasteiger partial charge in [-0.2, -0.15) is 5.10 Å². The topological polar surface area (TPSA) is 50.2 Å². The van der Waals surface area contributed by atoms with Gasteiger partial charge in [-0.25, -0.2) is 4.79 Å². The maximum atomic E-state index is 12.6. The van der Waals surface area contributed by atoms with E-state index in [4.69, 9.17) is 0 Å². The summed E-state index contributed by atoms with van der Waals surface area (Å²) >= 11 is 0. The fourth-order valence-corrected chi connectivity index (χ4v) is 3.23. The molecule has 5 nitrogen and oxygen atoms in total. The molecule has 23 heavy (non-hydrogen) atoms. The van der Waals surface area contributed by atoms with E-state index in [0.29, 0.717) is 6.04 Å². The molecule has 1 saturated heterocycles. The van der Waals surface area contributed by atoms with E-state index in [1.54, 1.807) is 10.9 Å². The van der Waals surface area contributed by atoms with Crippen LogP contribution in [0.2, 0.25) is 0 Å². The van der Waals surface area contributed by atoms with E-state index in [2.05, 4.69) is 34.7 Å². The van der Waals surface area contributed by atoms with Crippen LogP contribution >= 0.6 is 0 Å². The summed E-state index contributed by atoms with van der Waals surface area (Å²) in [6, 6.07) is 10.8. The molecule has 0 spiro atoms. The Morgan fingerprint density at radius 1 is 1.30 bits per heavy atom. The summed E-state index contributed by atoms with van der Waals surface area (Å²) in [5, 5.41) is 7.06. The Morgan fingerprint density at radius 3 is 2.87 bits per heavy atom. The molecule has 1 unspecified atom stereocenters. The number of nitrogens with zero attached hydrogens (tertiary/aromatic N) is 3. The van der Waals surface area contributed by atoms with Gasteiger partial charge in [0, 0.05) is 25.8 Å². The first kappa shape index (κ1) is 15.6. The number of aromatic nitrogens is 2. The van der Waals surface area contributed by atoms with Gasteiger partial charge >= 0.3 is 6.03 Å². The highest BCUT2D eigenvalue weighted by Crippen LogP contribution is 2.22. The van der Waals surface area contributed by atoms with Gasteiger partial charge in [0.2, 0.25) is 0 Å². The molecular weight excluding hydrogens is 288 g/mol. The zero-order valence-electron chi connectivity index (χ0n) is 13.6. The molecule has 0 saturated carbocycles. The van der Waals surface area contributed by atoms with Crippen LogP contribution in [0.15, 0.2) is 42.7 Å². The number of anilines is 1. The summed E-state index contributed by atoms with van der Waals surface area (Å²) < 4.78 is 1.69. The highest BCUT2D eigenvalue weighted by Gasteiger charge is 2.26. The Labute approximate surface area is 137 Å². The summed E-state index contributed by atoms with van der Waals surface area (Å²) in [7, 11) is 1.85. The number of carbonyl (C=O) groups excluding carboxylic acids is 1. The van der Waals surface area contributed by atoms with Crippen LogP contribution in [0.25, 0.3) is 0 Å². The maximum absolute atomic E-state index is 12.6. The van der Waals surface area contributed by atoms with E-state index in [1.165, 1.54) is 12.0 Å². The van der Waals surface area contributed by atoms with Gasteiger partial charge in [-0.15, -0.1) is 0 Å². The fraction of sp³-hybridized carbons (Fsp3) is 0.444. The zero-order valence-corrected chi connectivity index (χ0v) is 13.6. The SMILES string of the molecule is Cn1cc(NC(=O)N2CCCCC2CCc2ccccc2)cn1. The number of likely N-dealkylation sites (tertiary alicyclic amines) is 1. The first-order valence-corrected chi connectivity index (χ1v) is 8.32. The van der Waals surface area contributed by atoms with Crippen LogP contribution in [0.1, 0.15) is 31.2 Å². The molecule has 0 radical (unpaired) electrons. The summed E-state index contributed by atoms with van der Waals surface area (Å²) in [6.45, 7) is 0.839. The van der Waals surface area contributed by atoms with Gasteiger partial charge in [-0.1, -0.05) is 30.3 Å². The van der Waals surface area contributed by atoms with Gasteiger partial charge in [0.25, 0.3) is 0 Å². The minimum absolute atomic E-state index is 0.00392. The van der Waals surface area contributed by atoms with Gasteiger partial charge in [0.15, 0.2) is 0 Å². The second-order valence-corrected chi connectivity index (χ2v) is 6.20. The number of carbonyl (C=O) groups is 1. The number of hydrogen-bond acceptors (Lipinski definition) is 2. The number of benzene rings is 1. The molecule has 3 rings (SSSR count). The first-order chi connectivity index (χ1) is 11.2. The Morgan fingerprint density at radius 2 is 2.13 bits per heavy atom. The van der Waals surface area contributed by atoms with Crippen LogP contribution in [0.4, 0.5) is 10.5 Å². The minimum Gasteiger partial charge on any atom is -0.322 e. The quantitative estimate of drug-likeness (QED) is 0.940. The third kappa shape index (κ3) is 4.12. The molecule has 1 N–H and O–H groups in total. The van der Waals surface area contributed by atoms with Gasteiger partial charge in [0.1, 0.15) is 0 Å². The van der Waals surface area contributed by atoms with Crippen molar-refractivity contribution >= 4 is 11.7 Å². The van der Waals surface area contributed by atoms with Gasteiger partial charge in [0.05, 0.1) is 11.9 Å². The van der Waals surface area contributed by atoms with E-state index in [0.717, 1.165) is 37.9 Å². The van der Waals surface area contributed by atoms with Gasteiger partial charge in [-0.05, 0) is 37.7 Å². The predicted molar refractivity (Wildman–Crippen MR) is 91.3 cm³/mol. The smallest absolute Gasteiger partial charge is 0.322 e. The summed E-state index contributed by atoms with van der Waals surface area (Å²) in [6.07, 6.45) is 8.92. The number of aryl methyl sites for hydroxylation is 2. The normalized spacial score (nSPS) is 18.0. The number of piperidine rings is 1. The molecule has 5 heteroatoms. The second kappa shape index (κ2) is 7.31. The maximum Gasteiger partial charge on any atom is 0.322 e. The molecule has 1 aromatic carbocycles. The van der Waals surface area contributed by atoms with Crippen molar-refractivity contribution in [1.82, 2.24) is 14.7 Å². The highest BCUT2D eigenvalue weighted by molar-refractivity contribution is 5.89. The van der Waals surface area contributed by atoms with Crippen LogP contribution in [0, 0.1) is 0 Å². The lowest BCUT2D eigenvalue weighted by Gasteiger charge is -2.35. The molecule has 1 aliphatic heterocycles. The van der Waals surface area contributed by atoms with Crippen molar-refractivity contribution in [1.29, 1.82) is 0 Å². The Bertz CT molecular complexity index is 637. The van der Waals surface area contributed by atoms with E-state index in [-0.39, 0.29) is 6.03 Å². The Kier molecular flexibility index (Phi) is 4.95. The predicted octanol–water partition coefficient (Wildman–Crippen LogP) is 3.44. The lowest BCUT2D eigenvalue weighted by Crippen LogP contribution is -2.46. The number of amides is 2. The highest BCUT2D eigenvalue weighted by atomic mass is 16.2. The Hall–Kier alpha value is -2.30. The van der Waals surface area contributed by atoms with Crippen LogP contribution < -0.4 is 5.32 Å². The molecule has 1 atom stereocenters. The minimum atomic E-state index is -0.00392. The molecule has 2 amide bonds. The first-order valence-electron chi connectivity index (χ1n) is 8.32. The fourth-order valence-electron chi connectivity index (χ4n) is 3.23. The average Bonchev–Trinajstić information content (AvgIpc) is 2.99. The molecular formula is C18H24N4O. The summed E-state index contributed by atoms with van der Waals surface area (Å²) in [5.41, 5.74) is 2.09. The summed E-state index contributed by atoms with van der Waals surface area (Å²) in [4.78, 5) is 14.6. The van der Waals surface area contributed by atoms with Crippen molar-refractivity contribution < 1.29 is 4.79 Å². The van der Waals surface area contributed by atoms with E-state index >= 15 is 0 Å². The van der Waals surface area contributed by atoms with Gasteiger partial charge < -0.3 is 10.2 Å². The lowest BCUT2D eigenvalue weighted by atomic mass is 9.96. The largest absolute Gasteiger partial charge is 0.322 e. The molecule has 1 fully saturated rings. The second-order valence-electron chi connectivity index (χ2n) is 6.20. The number of nitrogens with one attached hydrogen (secondary N) is 1. The van der Waals surface area contributed by atoms with Crippen molar-refractivity contribution in [3.8, 4) is 0 Å². The number of urea groups is 1. The van der Waals surface area contributed by atoms with Crippen LogP contribution in [-0.4, -0.2) is 33.3 Å². The van der Waals surface area contributed by atoms with Crippen molar-refractivity contribution in [3.05, 3.63) is 48.3 Å². The molecule has 122 valence electrons. The third-order valence-corrected chi connectivity index (χ3v) is 4.45. The lowest BCUT2D eigenvalue weighted by molar-refractivity contribution is 0.158. The third-order valence-electron chi connectivity index (χ3n) is 4.45. The standard InChI is InChI=1S/C18H24N4O/c1-21-14-16(13-19-21)20-18(23)22-12-6-5-9-17(22)11-10-15-7-3-2-4-8-15/h2-4,7-8,13-14,17H,5-6,9-12H2,1H3,(H,20,23). The van der Waals surface area contributed by atoms with Gasteiger partial charge in [-0.3, -0.25) is 4.68 Å². The van der Waals surface area contributed by atoms with Crippen molar-refractivity contribution in [2.24, 2.45) is 7.05 Å².